The number of halogens is 6. The van der Waals surface area contributed by atoms with Gasteiger partial charge in [-0.25, -0.2) is 0 Å². The molecule has 0 aromatic rings. The molecule has 2 aliphatic carbocycles. The molecule has 2 fully saturated rings. The van der Waals surface area contributed by atoms with E-state index >= 15 is 0 Å². The molecule has 0 aromatic carbocycles. The van der Waals surface area contributed by atoms with Crippen LogP contribution in [0.15, 0.2) is 0 Å². The second-order valence-electron chi connectivity index (χ2n) is 10.1. The van der Waals surface area contributed by atoms with Crippen LogP contribution in [0.5, 0.6) is 0 Å². The fourth-order valence-corrected chi connectivity index (χ4v) is 5.76. The third-order valence-corrected chi connectivity index (χ3v) is 7.36. The van der Waals surface area contributed by atoms with E-state index in [2.05, 4.69) is 0 Å². The minimum absolute atomic E-state index is 0.0135. The SMILES string of the molecule is CC(C)(O)CCCC(CC(O)(C(F)(F)F)C(F)(F)F)C1CCC2C(=O)CCC[C@@]21C. The Balaban J connectivity index is 2.36. The lowest BCUT2D eigenvalue weighted by Gasteiger charge is -2.45. The van der Waals surface area contributed by atoms with E-state index in [4.69, 9.17) is 0 Å². The molecule has 176 valence electrons. The average Bonchev–Trinajstić information content (AvgIpc) is 2.89. The summed E-state index contributed by atoms with van der Waals surface area (Å²) in [6.07, 6.45) is -10.4. The summed E-state index contributed by atoms with van der Waals surface area (Å²) in [6.45, 7) is 4.85. The molecule has 0 aliphatic heterocycles. The molecule has 9 heteroatoms. The third kappa shape index (κ3) is 4.97. The van der Waals surface area contributed by atoms with Gasteiger partial charge in [-0.2, -0.15) is 26.3 Å². The Bertz CT molecular complexity index is 608. The smallest absolute Gasteiger partial charge is 0.390 e. The molecule has 30 heavy (non-hydrogen) atoms. The first-order chi connectivity index (χ1) is 13.4. The second kappa shape index (κ2) is 8.26. The summed E-state index contributed by atoms with van der Waals surface area (Å²) in [6, 6.07) is 0. The van der Waals surface area contributed by atoms with Gasteiger partial charge in [-0.05, 0) is 76.0 Å². The maximum Gasteiger partial charge on any atom is 0.426 e. The van der Waals surface area contributed by atoms with Crippen LogP contribution in [-0.2, 0) is 4.79 Å². The van der Waals surface area contributed by atoms with E-state index in [1.165, 1.54) is 13.8 Å². The molecule has 0 aromatic heterocycles. The first-order valence-electron chi connectivity index (χ1n) is 10.5. The van der Waals surface area contributed by atoms with E-state index in [0.29, 0.717) is 32.1 Å². The van der Waals surface area contributed by atoms with Crippen LogP contribution < -0.4 is 0 Å². The van der Waals surface area contributed by atoms with Crippen molar-refractivity contribution in [2.24, 2.45) is 23.2 Å². The van der Waals surface area contributed by atoms with Gasteiger partial charge in [0.2, 0.25) is 0 Å². The molecule has 0 saturated heterocycles. The number of carbonyl (C=O) groups excluding carboxylic acids is 1. The molecule has 3 nitrogen and oxygen atoms in total. The predicted molar refractivity (Wildman–Crippen MR) is 98.5 cm³/mol. The van der Waals surface area contributed by atoms with Crippen LogP contribution in [0, 0.1) is 23.2 Å². The zero-order chi connectivity index (χ0) is 23.2. The van der Waals surface area contributed by atoms with Gasteiger partial charge in [0, 0.05) is 12.3 Å². The first kappa shape index (κ1) is 25.4. The van der Waals surface area contributed by atoms with Gasteiger partial charge in [0.25, 0.3) is 5.60 Å². The molecule has 0 bridgehead atoms. The van der Waals surface area contributed by atoms with Crippen LogP contribution in [0.4, 0.5) is 26.3 Å². The standard InChI is InChI=1S/C21H32F6O3/c1-17(2,29)10-4-6-13(12-19(30,20(22,23)24)21(25,26)27)14-8-9-15-16(28)7-5-11-18(14,15)3/h13-15,29-30H,4-12H2,1-3H3/t13?,14?,15?,18-/m1/s1. The Morgan fingerprint density at radius 1 is 1.07 bits per heavy atom. The van der Waals surface area contributed by atoms with Crippen LogP contribution in [0.25, 0.3) is 0 Å². The zero-order valence-corrected chi connectivity index (χ0v) is 17.7. The molecular weight excluding hydrogens is 414 g/mol. The van der Waals surface area contributed by atoms with Crippen molar-refractivity contribution in [2.75, 3.05) is 0 Å². The van der Waals surface area contributed by atoms with E-state index in [0.717, 1.165) is 0 Å². The van der Waals surface area contributed by atoms with Gasteiger partial charge < -0.3 is 10.2 Å². The fraction of sp³-hybridized carbons (Fsp3) is 0.952. The minimum Gasteiger partial charge on any atom is -0.390 e. The van der Waals surface area contributed by atoms with Crippen molar-refractivity contribution >= 4 is 5.78 Å². The lowest BCUT2D eigenvalue weighted by molar-refractivity contribution is -0.374. The van der Waals surface area contributed by atoms with Crippen molar-refractivity contribution in [2.45, 2.75) is 102 Å². The van der Waals surface area contributed by atoms with Gasteiger partial charge in [-0.15, -0.1) is 0 Å². The summed E-state index contributed by atoms with van der Waals surface area (Å²) >= 11 is 0. The lowest BCUT2D eigenvalue weighted by Crippen LogP contribution is -2.58. The van der Waals surface area contributed by atoms with E-state index in [9.17, 15) is 41.4 Å². The second-order valence-corrected chi connectivity index (χ2v) is 10.1. The van der Waals surface area contributed by atoms with Gasteiger partial charge >= 0.3 is 12.4 Å². The van der Waals surface area contributed by atoms with Crippen LogP contribution in [0.3, 0.4) is 0 Å². The summed E-state index contributed by atoms with van der Waals surface area (Å²) < 4.78 is 80.3. The third-order valence-electron chi connectivity index (χ3n) is 7.36. The van der Waals surface area contributed by atoms with Crippen molar-refractivity contribution in [3.8, 4) is 0 Å². The zero-order valence-electron chi connectivity index (χ0n) is 17.7. The van der Waals surface area contributed by atoms with Gasteiger partial charge in [0.1, 0.15) is 5.78 Å². The molecule has 0 amide bonds. The van der Waals surface area contributed by atoms with Gasteiger partial charge in [0.05, 0.1) is 5.60 Å². The van der Waals surface area contributed by atoms with Crippen LogP contribution >= 0.6 is 0 Å². The van der Waals surface area contributed by atoms with Crippen LogP contribution in [0.2, 0.25) is 0 Å². The first-order valence-corrected chi connectivity index (χ1v) is 10.5. The summed E-state index contributed by atoms with van der Waals surface area (Å²) in [5.74, 6) is -1.91. The number of alkyl halides is 6. The molecule has 0 heterocycles. The lowest BCUT2D eigenvalue weighted by atomic mass is 9.60. The monoisotopic (exact) mass is 446 g/mol. The Labute approximate surface area is 173 Å². The molecule has 2 rings (SSSR count). The summed E-state index contributed by atoms with van der Waals surface area (Å²) in [5.41, 5.74) is -6.56. The Kier molecular flexibility index (Phi) is 7.00. The van der Waals surface area contributed by atoms with Crippen molar-refractivity contribution in [1.82, 2.24) is 0 Å². The molecule has 3 unspecified atom stereocenters. The number of ketones is 1. The maximum absolute atomic E-state index is 13.4. The number of Topliss-reactive ketones (excluding diaryl/α,β-unsaturated/α-hetero) is 1. The fourth-order valence-electron chi connectivity index (χ4n) is 5.76. The van der Waals surface area contributed by atoms with Crippen LogP contribution in [-0.4, -0.2) is 39.6 Å². The topological polar surface area (TPSA) is 57.5 Å². The molecule has 2 saturated carbocycles. The van der Waals surface area contributed by atoms with Gasteiger partial charge in [-0.1, -0.05) is 13.3 Å². The highest BCUT2D eigenvalue weighted by atomic mass is 19.4. The summed E-state index contributed by atoms with van der Waals surface area (Å²) in [5, 5.41) is 19.7. The maximum atomic E-state index is 13.4. The minimum atomic E-state index is -5.86. The normalized spacial score (nSPS) is 29.8. The number of hydrogen-bond donors (Lipinski definition) is 2. The van der Waals surface area contributed by atoms with E-state index in [1.54, 1.807) is 6.92 Å². The summed E-state index contributed by atoms with van der Waals surface area (Å²) in [4.78, 5) is 12.4. The van der Waals surface area contributed by atoms with Crippen molar-refractivity contribution in [3.05, 3.63) is 0 Å². The van der Waals surface area contributed by atoms with E-state index in [-0.39, 0.29) is 31.0 Å². The highest BCUT2D eigenvalue weighted by Gasteiger charge is 2.71. The molecular formula is C21H32F6O3. The van der Waals surface area contributed by atoms with Gasteiger partial charge in [0.15, 0.2) is 0 Å². The average molecular weight is 446 g/mol. The number of hydrogen-bond acceptors (Lipinski definition) is 3. The molecule has 0 radical (unpaired) electrons. The quantitative estimate of drug-likeness (QED) is 0.503. The highest BCUT2D eigenvalue weighted by molar-refractivity contribution is 5.83. The van der Waals surface area contributed by atoms with E-state index < -0.39 is 47.2 Å². The number of carbonyl (C=O) groups is 1. The van der Waals surface area contributed by atoms with Gasteiger partial charge in [-0.3, -0.25) is 4.79 Å². The van der Waals surface area contributed by atoms with Crippen molar-refractivity contribution < 1.29 is 41.4 Å². The Morgan fingerprint density at radius 2 is 1.63 bits per heavy atom. The largest absolute Gasteiger partial charge is 0.426 e. The number of fused-ring (bicyclic) bond motifs is 1. The van der Waals surface area contributed by atoms with Crippen molar-refractivity contribution in [1.29, 1.82) is 0 Å². The molecule has 4 atom stereocenters. The van der Waals surface area contributed by atoms with Crippen LogP contribution in [0.1, 0.15) is 78.6 Å². The van der Waals surface area contributed by atoms with E-state index in [1.807, 2.05) is 0 Å². The molecule has 0 spiro atoms. The van der Waals surface area contributed by atoms with Crippen molar-refractivity contribution in [3.63, 3.8) is 0 Å². The Hall–Kier alpha value is -0.830. The highest BCUT2D eigenvalue weighted by Crippen LogP contribution is 2.59. The molecule has 2 N–H and O–H groups in total. The molecule has 2 aliphatic rings. The number of aliphatic hydroxyl groups is 2. The summed E-state index contributed by atoms with van der Waals surface area (Å²) in [7, 11) is 0. The Morgan fingerprint density at radius 3 is 2.13 bits per heavy atom. The number of rotatable bonds is 7. The predicted octanol–water partition coefficient (Wildman–Crippen LogP) is 5.58.